The number of nitrogens with zero attached hydrogens (tertiary/aromatic N) is 1. The molecular weight excluding hydrogens is 332 g/mol. The maximum atomic E-state index is 12.0. The molecule has 0 aromatic heterocycles. The lowest BCUT2D eigenvalue weighted by molar-refractivity contribution is -0.384. The number of rotatable bonds is 5. The van der Waals surface area contributed by atoms with Gasteiger partial charge in [-0.2, -0.15) is 0 Å². The number of nitro groups is 1. The molecule has 0 saturated carbocycles. The van der Waals surface area contributed by atoms with Crippen molar-refractivity contribution in [1.29, 1.82) is 0 Å². The smallest absolute Gasteiger partial charge is 0.289 e. The second-order valence-electron chi connectivity index (χ2n) is 5.41. The van der Waals surface area contributed by atoms with Crippen LogP contribution >= 0.6 is 11.6 Å². The van der Waals surface area contributed by atoms with E-state index in [-0.39, 0.29) is 23.0 Å². The van der Waals surface area contributed by atoms with Crippen LogP contribution in [-0.4, -0.2) is 17.4 Å². The van der Waals surface area contributed by atoms with Crippen LogP contribution in [0.25, 0.3) is 0 Å². The molecule has 0 bridgehead atoms. The summed E-state index contributed by atoms with van der Waals surface area (Å²) in [6, 6.07) is 7.99. The van der Waals surface area contributed by atoms with E-state index in [2.05, 4.69) is 5.32 Å². The van der Waals surface area contributed by atoms with Crippen molar-refractivity contribution in [1.82, 2.24) is 0 Å². The lowest BCUT2D eigenvalue weighted by atomic mass is 10.1. The van der Waals surface area contributed by atoms with Gasteiger partial charge in [0.05, 0.1) is 4.92 Å². The first kappa shape index (κ1) is 17.7. The third-order valence-corrected chi connectivity index (χ3v) is 3.97. The Bertz CT molecular complexity index is 805. The van der Waals surface area contributed by atoms with Gasteiger partial charge in [0.25, 0.3) is 11.6 Å². The Morgan fingerprint density at radius 1 is 1.21 bits per heavy atom. The quantitative estimate of drug-likeness (QED) is 0.648. The molecule has 0 atom stereocenters. The Hall–Kier alpha value is -2.60. The van der Waals surface area contributed by atoms with Crippen LogP contribution in [-0.2, 0) is 4.79 Å². The number of benzene rings is 2. The fourth-order valence-electron chi connectivity index (χ4n) is 2.21. The fourth-order valence-corrected chi connectivity index (χ4v) is 2.40. The molecular formula is C17H17ClN2O4. The lowest BCUT2D eigenvalue weighted by Gasteiger charge is -2.14. The van der Waals surface area contributed by atoms with Crippen LogP contribution < -0.4 is 10.1 Å². The fraction of sp³-hybridized carbons (Fsp3) is 0.235. The highest BCUT2D eigenvalue weighted by atomic mass is 35.5. The van der Waals surface area contributed by atoms with Gasteiger partial charge in [-0.25, -0.2) is 0 Å². The number of ether oxygens (including phenoxy) is 1. The predicted octanol–water partition coefficient (Wildman–Crippen LogP) is 4.19. The first-order valence-corrected chi connectivity index (χ1v) is 7.60. The number of aryl methyl sites for hydroxylation is 2. The van der Waals surface area contributed by atoms with Gasteiger partial charge in [0.15, 0.2) is 6.61 Å². The Kier molecular flexibility index (Phi) is 5.41. The molecule has 0 saturated heterocycles. The number of carbonyl (C=O) groups is 1. The summed E-state index contributed by atoms with van der Waals surface area (Å²) in [5, 5.41) is 13.4. The van der Waals surface area contributed by atoms with Gasteiger partial charge in [0, 0.05) is 11.8 Å². The minimum absolute atomic E-state index is 0.0141. The van der Waals surface area contributed by atoms with Crippen molar-refractivity contribution in [2.24, 2.45) is 0 Å². The molecule has 0 spiro atoms. The van der Waals surface area contributed by atoms with Crippen molar-refractivity contribution in [2.45, 2.75) is 20.8 Å². The van der Waals surface area contributed by atoms with Crippen molar-refractivity contribution in [3.63, 3.8) is 0 Å². The average molecular weight is 349 g/mol. The van der Waals surface area contributed by atoms with Crippen LogP contribution in [0.1, 0.15) is 16.7 Å². The first-order chi connectivity index (χ1) is 11.3. The standard InChI is InChI=1S/C17H17ClN2O4/c1-10-4-5-11(2)17(12(10)3)24-9-16(21)19-13-6-7-14(18)15(8-13)20(22)23/h4-8H,9H2,1-3H3,(H,19,21). The van der Waals surface area contributed by atoms with Crippen LogP contribution in [0, 0.1) is 30.9 Å². The van der Waals surface area contributed by atoms with Crippen molar-refractivity contribution in [2.75, 3.05) is 11.9 Å². The number of carbonyl (C=O) groups excluding carboxylic acids is 1. The zero-order valence-electron chi connectivity index (χ0n) is 13.6. The topological polar surface area (TPSA) is 81.5 Å². The molecule has 2 aromatic rings. The molecule has 0 heterocycles. The first-order valence-electron chi connectivity index (χ1n) is 7.23. The number of nitro benzene ring substituents is 1. The van der Waals surface area contributed by atoms with Crippen LogP contribution in [0.5, 0.6) is 5.75 Å². The van der Waals surface area contributed by atoms with E-state index in [9.17, 15) is 14.9 Å². The van der Waals surface area contributed by atoms with Gasteiger partial charge in [-0.05, 0) is 49.6 Å². The summed E-state index contributed by atoms with van der Waals surface area (Å²) in [6.07, 6.45) is 0. The van der Waals surface area contributed by atoms with Crippen molar-refractivity contribution in [3.05, 3.63) is 62.2 Å². The molecule has 0 aliphatic rings. The Morgan fingerprint density at radius 3 is 2.54 bits per heavy atom. The predicted molar refractivity (Wildman–Crippen MR) is 92.9 cm³/mol. The number of halogens is 1. The zero-order valence-corrected chi connectivity index (χ0v) is 14.3. The van der Waals surface area contributed by atoms with Gasteiger partial charge in [0.1, 0.15) is 10.8 Å². The number of amides is 1. The van der Waals surface area contributed by atoms with E-state index in [1.165, 1.54) is 18.2 Å². The van der Waals surface area contributed by atoms with E-state index in [1.54, 1.807) is 0 Å². The molecule has 0 aliphatic heterocycles. The molecule has 0 radical (unpaired) electrons. The molecule has 24 heavy (non-hydrogen) atoms. The summed E-state index contributed by atoms with van der Waals surface area (Å²) < 4.78 is 5.61. The van der Waals surface area contributed by atoms with E-state index in [4.69, 9.17) is 16.3 Å². The van der Waals surface area contributed by atoms with E-state index in [0.717, 1.165) is 16.7 Å². The molecule has 6 nitrogen and oxygen atoms in total. The van der Waals surface area contributed by atoms with E-state index in [0.29, 0.717) is 5.75 Å². The number of hydrogen-bond acceptors (Lipinski definition) is 4. The molecule has 0 aliphatic carbocycles. The molecule has 2 aromatic carbocycles. The zero-order chi connectivity index (χ0) is 17.9. The van der Waals surface area contributed by atoms with E-state index < -0.39 is 10.8 Å². The van der Waals surface area contributed by atoms with E-state index >= 15 is 0 Å². The molecule has 7 heteroatoms. The number of anilines is 1. The minimum atomic E-state index is -0.603. The minimum Gasteiger partial charge on any atom is -0.483 e. The monoisotopic (exact) mass is 348 g/mol. The van der Waals surface area contributed by atoms with Gasteiger partial charge in [-0.3, -0.25) is 14.9 Å². The molecule has 2 rings (SSSR count). The molecule has 0 fully saturated rings. The number of hydrogen-bond donors (Lipinski definition) is 1. The lowest BCUT2D eigenvalue weighted by Crippen LogP contribution is -2.20. The summed E-state index contributed by atoms with van der Waals surface area (Å²) in [5.74, 6) is 0.263. The van der Waals surface area contributed by atoms with Gasteiger partial charge in [-0.1, -0.05) is 23.7 Å². The summed E-state index contributed by atoms with van der Waals surface area (Å²) in [6.45, 7) is 5.61. The van der Waals surface area contributed by atoms with Crippen LogP contribution in [0.2, 0.25) is 5.02 Å². The van der Waals surface area contributed by atoms with Gasteiger partial charge >= 0.3 is 0 Å². The highest BCUT2D eigenvalue weighted by Gasteiger charge is 2.14. The summed E-state index contributed by atoms with van der Waals surface area (Å²) in [5.41, 5.74) is 3.01. The largest absolute Gasteiger partial charge is 0.483 e. The van der Waals surface area contributed by atoms with Gasteiger partial charge in [-0.15, -0.1) is 0 Å². The summed E-state index contributed by atoms with van der Waals surface area (Å²) in [7, 11) is 0. The second kappa shape index (κ2) is 7.31. The van der Waals surface area contributed by atoms with Crippen molar-refractivity contribution < 1.29 is 14.5 Å². The van der Waals surface area contributed by atoms with Crippen LogP contribution in [0.4, 0.5) is 11.4 Å². The van der Waals surface area contributed by atoms with Crippen LogP contribution in [0.3, 0.4) is 0 Å². The van der Waals surface area contributed by atoms with Crippen molar-refractivity contribution >= 4 is 28.9 Å². The SMILES string of the molecule is Cc1ccc(C)c(OCC(=O)Nc2ccc(Cl)c([N+](=O)[O-])c2)c1C. The Morgan fingerprint density at radius 2 is 1.88 bits per heavy atom. The number of nitrogens with one attached hydrogen (secondary N) is 1. The van der Waals surface area contributed by atoms with Crippen molar-refractivity contribution in [3.8, 4) is 5.75 Å². The molecule has 0 unspecified atom stereocenters. The maximum Gasteiger partial charge on any atom is 0.289 e. The third kappa shape index (κ3) is 4.02. The highest BCUT2D eigenvalue weighted by molar-refractivity contribution is 6.32. The maximum absolute atomic E-state index is 12.0. The third-order valence-electron chi connectivity index (χ3n) is 3.65. The second-order valence-corrected chi connectivity index (χ2v) is 5.82. The highest BCUT2D eigenvalue weighted by Crippen LogP contribution is 2.28. The van der Waals surface area contributed by atoms with Gasteiger partial charge in [0.2, 0.25) is 0 Å². The van der Waals surface area contributed by atoms with Gasteiger partial charge < -0.3 is 10.1 Å². The molecule has 126 valence electrons. The van der Waals surface area contributed by atoms with E-state index in [1.807, 2.05) is 32.9 Å². The summed E-state index contributed by atoms with van der Waals surface area (Å²) in [4.78, 5) is 22.3. The average Bonchev–Trinajstić information content (AvgIpc) is 2.52. The Labute approximate surface area is 144 Å². The summed E-state index contributed by atoms with van der Waals surface area (Å²) >= 11 is 5.74. The molecule has 1 N–H and O–H groups in total. The Balaban J connectivity index is 2.06. The normalized spacial score (nSPS) is 10.3. The van der Waals surface area contributed by atoms with Crippen LogP contribution in [0.15, 0.2) is 30.3 Å². The molecule has 1 amide bonds.